The molecule has 0 fully saturated rings. The number of hydrogen-bond donors (Lipinski definition) is 0. The molecule has 50 heavy (non-hydrogen) atoms. The highest BCUT2D eigenvalue weighted by atomic mass is 15.2. The van der Waals surface area contributed by atoms with Crippen molar-refractivity contribution in [2.45, 2.75) is 24.8 Å². The lowest BCUT2D eigenvalue weighted by Crippen LogP contribution is -2.29. The van der Waals surface area contributed by atoms with Crippen molar-refractivity contribution in [1.82, 2.24) is 4.57 Å². The quantitative estimate of drug-likeness (QED) is 0.192. The first-order valence-corrected chi connectivity index (χ1v) is 16.8. The van der Waals surface area contributed by atoms with Crippen LogP contribution in [0.1, 0.15) is 40.3 Å². The van der Waals surface area contributed by atoms with Gasteiger partial charge in [0.15, 0.2) is 0 Å². The van der Waals surface area contributed by atoms with Crippen LogP contribution < -0.4 is 4.90 Å². The number of allylic oxidation sites excluding steroid dienone is 3. The number of anilines is 2. The normalized spacial score (nSPS) is 16.9. The molecule has 5 heteroatoms. The van der Waals surface area contributed by atoms with E-state index in [4.69, 9.17) is 0 Å². The van der Waals surface area contributed by atoms with E-state index in [0.717, 1.165) is 63.2 Å². The van der Waals surface area contributed by atoms with E-state index in [1.165, 1.54) is 16.6 Å². The Hall–Kier alpha value is -6.87. The van der Waals surface area contributed by atoms with Crippen LogP contribution in [-0.2, 0) is 6.42 Å². The maximum atomic E-state index is 10.4. The molecule has 234 valence electrons. The monoisotopic (exact) mass is 639 g/mol. The van der Waals surface area contributed by atoms with Gasteiger partial charge in [-0.25, -0.2) is 0 Å². The number of rotatable bonds is 4. The van der Waals surface area contributed by atoms with Crippen LogP contribution in [0.4, 0.5) is 11.4 Å². The van der Waals surface area contributed by atoms with Crippen molar-refractivity contribution in [1.29, 1.82) is 15.8 Å². The molecule has 2 unspecified atom stereocenters. The fourth-order valence-corrected chi connectivity index (χ4v) is 8.15. The molecule has 3 aliphatic rings. The van der Waals surface area contributed by atoms with Gasteiger partial charge < -0.3 is 9.47 Å². The highest BCUT2D eigenvalue weighted by Crippen LogP contribution is 2.51. The van der Waals surface area contributed by atoms with E-state index in [9.17, 15) is 15.8 Å². The van der Waals surface area contributed by atoms with Gasteiger partial charge in [-0.3, -0.25) is 0 Å². The molecular formula is C45H29N5. The summed E-state index contributed by atoms with van der Waals surface area (Å²) >= 11 is 0. The number of benzene rings is 5. The molecule has 0 spiro atoms. The zero-order valence-electron chi connectivity index (χ0n) is 27.1. The van der Waals surface area contributed by atoms with E-state index < -0.39 is 0 Å². The summed E-state index contributed by atoms with van der Waals surface area (Å²) in [5.74, 6) is -0.0699. The largest absolute Gasteiger partial charge is 0.333 e. The maximum absolute atomic E-state index is 10.4. The molecule has 0 amide bonds. The average molecular weight is 640 g/mol. The Morgan fingerprint density at radius 1 is 0.660 bits per heavy atom. The molecule has 0 saturated heterocycles. The molecule has 6 aromatic rings. The Balaban J connectivity index is 1.23. The van der Waals surface area contributed by atoms with Gasteiger partial charge in [-0.15, -0.1) is 0 Å². The van der Waals surface area contributed by atoms with E-state index in [2.05, 4.69) is 125 Å². The van der Waals surface area contributed by atoms with Crippen molar-refractivity contribution >= 4 is 28.4 Å². The Bertz CT molecular complexity index is 2610. The molecule has 0 N–H and O–H groups in total. The standard InChI is InChI=1S/C45H29N5/c46-26-29-17-21-44-39(23-29)40-24-30(27-47)18-22-45(40)50(44)43-16-8-3-11-35(43)33-9-1-2-10-34(33)38-25-32(20-19-31(38)28-48)49-41-14-6-4-12-36(41)37-13-5-7-15-42(37)49/h1-4,6-12,14-25,39,44H,5,13H2. The van der Waals surface area contributed by atoms with E-state index in [1.54, 1.807) is 0 Å². The van der Waals surface area contributed by atoms with Crippen LogP contribution in [0.15, 0.2) is 139 Å². The van der Waals surface area contributed by atoms with Crippen LogP contribution in [0.2, 0.25) is 0 Å². The van der Waals surface area contributed by atoms with Crippen LogP contribution in [0.25, 0.3) is 44.9 Å². The lowest BCUT2D eigenvalue weighted by molar-refractivity contribution is 0.741. The van der Waals surface area contributed by atoms with Gasteiger partial charge in [0.2, 0.25) is 0 Å². The minimum atomic E-state index is -0.0699. The summed E-state index contributed by atoms with van der Waals surface area (Å²) in [6, 6.07) is 44.3. The molecule has 2 heterocycles. The number of aryl methyl sites for hydroxylation is 1. The second-order valence-electron chi connectivity index (χ2n) is 12.9. The van der Waals surface area contributed by atoms with Gasteiger partial charge in [-0.2, -0.15) is 15.8 Å². The Kier molecular flexibility index (Phi) is 6.84. The highest BCUT2D eigenvalue weighted by Gasteiger charge is 2.39. The van der Waals surface area contributed by atoms with Crippen LogP contribution in [0, 0.1) is 34.0 Å². The second kappa shape index (κ2) is 11.7. The summed E-state index contributed by atoms with van der Waals surface area (Å²) in [5, 5.41) is 31.2. The average Bonchev–Trinajstić information content (AvgIpc) is 3.69. The zero-order chi connectivity index (χ0) is 33.8. The highest BCUT2D eigenvalue weighted by molar-refractivity contribution is 5.95. The molecule has 0 saturated carbocycles. The third-order valence-corrected chi connectivity index (χ3v) is 10.3. The van der Waals surface area contributed by atoms with E-state index >= 15 is 0 Å². The van der Waals surface area contributed by atoms with Crippen molar-refractivity contribution in [2.75, 3.05) is 4.90 Å². The molecule has 9 rings (SSSR count). The molecule has 1 aliphatic heterocycles. The Morgan fingerprint density at radius 3 is 2.26 bits per heavy atom. The van der Waals surface area contributed by atoms with Gasteiger partial charge >= 0.3 is 0 Å². The first-order valence-electron chi connectivity index (χ1n) is 16.8. The molecule has 1 aromatic heterocycles. The van der Waals surface area contributed by atoms with Crippen LogP contribution in [0.3, 0.4) is 0 Å². The molecular weight excluding hydrogens is 611 g/mol. The van der Waals surface area contributed by atoms with Crippen molar-refractivity contribution in [3.63, 3.8) is 0 Å². The molecule has 5 aromatic carbocycles. The van der Waals surface area contributed by atoms with Crippen LogP contribution >= 0.6 is 0 Å². The van der Waals surface area contributed by atoms with Gasteiger partial charge in [0.1, 0.15) is 0 Å². The lowest BCUT2D eigenvalue weighted by Gasteiger charge is -2.31. The summed E-state index contributed by atoms with van der Waals surface area (Å²) in [6.07, 6.45) is 12.5. The van der Waals surface area contributed by atoms with Gasteiger partial charge in [0.05, 0.1) is 40.9 Å². The molecule has 5 nitrogen and oxygen atoms in total. The number of fused-ring (bicyclic) bond motifs is 6. The minimum Gasteiger partial charge on any atom is -0.333 e. The number of hydrogen-bond acceptors (Lipinski definition) is 4. The van der Waals surface area contributed by atoms with E-state index in [0.29, 0.717) is 16.7 Å². The Labute approximate surface area is 290 Å². The predicted molar refractivity (Wildman–Crippen MR) is 199 cm³/mol. The van der Waals surface area contributed by atoms with Crippen LogP contribution in [-0.4, -0.2) is 10.6 Å². The number of aromatic nitrogens is 1. The molecule has 0 radical (unpaired) electrons. The summed E-state index contributed by atoms with van der Waals surface area (Å²) in [7, 11) is 0. The van der Waals surface area contributed by atoms with Gasteiger partial charge in [0.25, 0.3) is 0 Å². The van der Waals surface area contributed by atoms with Gasteiger partial charge in [-0.05, 0) is 95.8 Å². The van der Waals surface area contributed by atoms with E-state index in [1.807, 2.05) is 42.5 Å². The first-order chi connectivity index (χ1) is 24.7. The van der Waals surface area contributed by atoms with Crippen molar-refractivity contribution < 1.29 is 0 Å². The van der Waals surface area contributed by atoms with Gasteiger partial charge in [0, 0.05) is 50.8 Å². The smallest absolute Gasteiger partial charge is 0.0998 e. The summed E-state index contributed by atoms with van der Waals surface area (Å²) in [6.45, 7) is 0. The van der Waals surface area contributed by atoms with Gasteiger partial charge in [-0.1, -0.05) is 78.9 Å². The lowest BCUT2D eigenvalue weighted by atomic mass is 9.87. The molecule has 2 atom stereocenters. The number of nitrogens with zero attached hydrogens (tertiary/aromatic N) is 5. The second-order valence-corrected chi connectivity index (χ2v) is 12.9. The maximum Gasteiger partial charge on any atom is 0.0998 e. The zero-order valence-corrected chi connectivity index (χ0v) is 27.1. The van der Waals surface area contributed by atoms with Crippen molar-refractivity contribution in [3.05, 3.63) is 167 Å². The summed E-state index contributed by atoms with van der Waals surface area (Å²) in [5.41, 5.74) is 13.5. The molecule has 0 bridgehead atoms. The topological polar surface area (TPSA) is 79.5 Å². The summed E-state index contributed by atoms with van der Waals surface area (Å²) < 4.78 is 2.33. The SMILES string of the molecule is N#CC1=CC2c3cc(C#N)ccc3N(c3ccccc3-c3ccccc3-c3cc(-n4c5c(c6ccccc64)CCC=C5)ccc3C#N)C2C=C1. The van der Waals surface area contributed by atoms with E-state index in [-0.39, 0.29) is 12.0 Å². The first kappa shape index (κ1) is 29.3. The number of para-hydroxylation sites is 2. The van der Waals surface area contributed by atoms with Crippen molar-refractivity contribution in [2.24, 2.45) is 0 Å². The predicted octanol–water partition coefficient (Wildman–Crippen LogP) is 10.3. The minimum absolute atomic E-state index is 0.0661. The summed E-state index contributed by atoms with van der Waals surface area (Å²) in [4.78, 5) is 2.33. The fourth-order valence-electron chi connectivity index (χ4n) is 8.15. The van der Waals surface area contributed by atoms with Crippen LogP contribution in [0.5, 0.6) is 0 Å². The third kappa shape index (κ3) is 4.44. The fraction of sp³-hybridized carbons (Fsp3) is 0.0889. The number of nitriles is 3. The Morgan fingerprint density at radius 2 is 1.44 bits per heavy atom. The molecule has 2 aliphatic carbocycles. The van der Waals surface area contributed by atoms with Crippen molar-refractivity contribution in [3.8, 4) is 46.1 Å². The third-order valence-electron chi connectivity index (χ3n) is 10.3.